The fourth-order valence-corrected chi connectivity index (χ4v) is 3.43. The van der Waals surface area contributed by atoms with Crippen molar-refractivity contribution in [2.45, 2.75) is 32.1 Å². The van der Waals surface area contributed by atoms with E-state index in [1.807, 2.05) is 37.3 Å². The lowest BCUT2D eigenvalue weighted by Crippen LogP contribution is -2.27. The lowest BCUT2D eigenvalue weighted by atomic mass is 9.98. The molecule has 10 heteroatoms. The third kappa shape index (κ3) is 4.63. The van der Waals surface area contributed by atoms with E-state index in [1.165, 1.54) is 0 Å². The zero-order valence-electron chi connectivity index (χ0n) is 16.5. The molecule has 29 heavy (non-hydrogen) atoms. The van der Waals surface area contributed by atoms with Gasteiger partial charge < -0.3 is 5.32 Å². The van der Waals surface area contributed by atoms with Crippen LogP contribution in [0.2, 0.25) is 0 Å². The first-order chi connectivity index (χ1) is 13.6. The van der Waals surface area contributed by atoms with Gasteiger partial charge in [0.2, 0.25) is 11.9 Å². The monoisotopic (exact) mass is 416 g/mol. The molecule has 0 atom stereocenters. The van der Waals surface area contributed by atoms with Gasteiger partial charge in [-0.05, 0) is 45.0 Å². The normalized spacial score (nSPS) is 14.4. The van der Waals surface area contributed by atoms with Crippen molar-refractivity contribution in [3.05, 3.63) is 47.5 Å². The van der Waals surface area contributed by atoms with Gasteiger partial charge in [-0.2, -0.15) is 10.1 Å². The van der Waals surface area contributed by atoms with E-state index >= 15 is 0 Å². The Hall–Kier alpha value is -2.78. The fraction of sp³-hybridized carbons (Fsp3) is 0.421. The third-order valence-corrected chi connectivity index (χ3v) is 5.05. The second kappa shape index (κ2) is 9.15. The number of para-hydroxylation sites is 1. The third-order valence-electron chi connectivity index (χ3n) is 5.05. The highest BCUT2D eigenvalue weighted by Crippen LogP contribution is 2.23. The van der Waals surface area contributed by atoms with Gasteiger partial charge in [0.05, 0.1) is 23.5 Å². The van der Waals surface area contributed by atoms with Crippen LogP contribution in [0.15, 0.2) is 30.3 Å². The first-order valence-corrected chi connectivity index (χ1v) is 9.50. The SMILES string of the molecule is Cc1c(CC(=O)Nc2nc(C3CCNCC3)nn2C)nnn1-c1ccccc1.Cl. The summed E-state index contributed by atoms with van der Waals surface area (Å²) >= 11 is 0. The molecule has 1 saturated heterocycles. The maximum Gasteiger partial charge on any atom is 0.232 e. The summed E-state index contributed by atoms with van der Waals surface area (Å²) in [6.07, 6.45) is 2.16. The van der Waals surface area contributed by atoms with Crippen molar-refractivity contribution in [2.24, 2.45) is 7.05 Å². The zero-order valence-corrected chi connectivity index (χ0v) is 17.3. The van der Waals surface area contributed by atoms with E-state index in [-0.39, 0.29) is 24.7 Å². The largest absolute Gasteiger partial charge is 0.317 e. The summed E-state index contributed by atoms with van der Waals surface area (Å²) in [6.45, 7) is 3.86. The molecule has 1 aromatic carbocycles. The van der Waals surface area contributed by atoms with E-state index < -0.39 is 0 Å². The Morgan fingerprint density at radius 3 is 2.69 bits per heavy atom. The number of hydrogen-bond donors (Lipinski definition) is 2. The number of aryl methyl sites for hydroxylation is 1. The summed E-state index contributed by atoms with van der Waals surface area (Å²) in [5.41, 5.74) is 2.40. The lowest BCUT2D eigenvalue weighted by molar-refractivity contribution is -0.115. The van der Waals surface area contributed by atoms with E-state index in [0.717, 1.165) is 43.1 Å². The molecule has 1 aliphatic heterocycles. The minimum Gasteiger partial charge on any atom is -0.317 e. The van der Waals surface area contributed by atoms with E-state index in [9.17, 15) is 4.79 Å². The molecule has 0 radical (unpaired) electrons. The van der Waals surface area contributed by atoms with E-state index in [1.54, 1.807) is 16.4 Å². The zero-order chi connectivity index (χ0) is 19.5. The molecular weight excluding hydrogens is 392 g/mol. The number of halogens is 1. The van der Waals surface area contributed by atoms with Crippen molar-refractivity contribution in [1.82, 2.24) is 35.1 Å². The maximum atomic E-state index is 12.5. The van der Waals surface area contributed by atoms with Crippen LogP contribution in [0.3, 0.4) is 0 Å². The molecule has 0 spiro atoms. The maximum absolute atomic E-state index is 12.5. The summed E-state index contributed by atoms with van der Waals surface area (Å²) in [4.78, 5) is 17.1. The van der Waals surface area contributed by atoms with Crippen LogP contribution in [-0.2, 0) is 18.3 Å². The number of rotatable bonds is 5. The lowest BCUT2D eigenvalue weighted by Gasteiger charge is -2.19. The topological polar surface area (TPSA) is 103 Å². The van der Waals surface area contributed by atoms with Gasteiger partial charge in [0.15, 0.2) is 5.82 Å². The first-order valence-electron chi connectivity index (χ1n) is 9.50. The molecule has 154 valence electrons. The molecule has 4 rings (SSSR count). The molecule has 1 fully saturated rings. The Morgan fingerprint density at radius 2 is 1.97 bits per heavy atom. The van der Waals surface area contributed by atoms with Gasteiger partial charge >= 0.3 is 0 Å². The summed E-state index contributed by atoms with van der Waals surface area (Å²) in [6, 6.07) is 9.73. The second-order valence-corrected chi connectivity index (χ2v) is 7.04. The summed E-state index contributed by atoms with van der Waals surface area (Å²) in [5.74, 6) is 1.42. The average Bonchev–Trinajstić information content (AvgIpc) is 3.26. The van der Waals surface area contributed by atoms with Gasteiger partial charge in [0.1, 0.15) is 0 Å². The molecule has 0 unspecified atom stereocenters. The molecule has 1 amide bonds. The number of benzene rings is 1. The number of nitrogens with zero attached hydrogens (tertiary/aromatic N) is 6. The Labute approximate surface area is 175 Å². The average molecular weight is 417 g/mol. The van der Waals surface area contributed by atoms with Crippen LogP contribution in [-0.4, -0.2) is 48.8 Å². The highest BCUT2D eigenvalue weighted by Gasteiger charge is 2.22. The fourth-order valence-electron chi connectivity index (χ4n) is 3.43. The Morgan fingerprint density at radius 1 is 1.24 bits per heavy atom. The number of carbonyl (C=O) groups is 1. The molecule has 9 nitrogen and oxygen atoms in total. The molecule has 0 aliphatic carbocycles. The number of nitrogens with one attached hydrogen (secondary N) is 2. The van der Waals surface area contributed by atoms with Crippen LogP contribution in [0.4, 0.5) is 5.95 Å². The standard InChI is InChI=1S/C19H24N8O.ClH/c1-13-16(23-25-27(13)15-6-4-3-5-7-15)12-17(28)21-19-22-18(24-26(19)2)14-8-10-20-11-9-14;/h3-7,14,20H,8-12H2,1-2H3,(H,21,22,24,28);1H. The van der Waals surface area contributed by atoms with Crippen molar-refractivity contribution in [2.75, 3.05) is 18.4 Å². The Kier molecular flexibility index (Phi) is 6.60. The van der Waals surface area contributed by atoms with E-state index in [0.29, 0.717) is 17.6 Å². The predicted octanol–water partition coefficient (Wildman–Crippen LogP) is 1.77. The van der Waals surface area contributed by atoms with Gasteiger partial charge in [-0.1, -0.05) is 23.4 Å². The van der Waals surface area contributed by atoms with Crippen LogP contribution in [0.25, 0.3) is 5.69 Å². The van der Waals surface area contributed by atoms with Gasteiger partial charge in [-0.3, -0.25) is 10.1 Å². The molecule has 2 N–H and O–H groups in total. The number of carbonyl (C=O) groups excluding carboxylic acids is 1. The number of anilines is 1. The Balaban J connectivity index is 0.00000240. The van der Waals surface area contributed by atoms with Crippen LogP contribution in [0, 0.1) is 6.92 Å². The highest BCUT2D eigenvalue weighted by atomic mass is 35.5. The van der Waals surface area contributed by atoms with Gasteiger partial charge in [-0.25, -0.2) is 9.36 Å². The second-order valence-electron chi connectivity index (χ2n) is 7.04. The molecular formula is C19H25ClN8O. The van der Waals surface area contributed by atoms with Crippen LogP contribution < -0.4 is 10.6 Å². The van der Waals surface area contributed by atoms with Crippen LogP contribution in [0.5, 0.6) is 0 Å². The predicted molar refractivity (Wildman–Crippen MR) is 112 cm³/mol. The molecule has 1 aliphatic rings. The highest BCUT2D eigenvalue weighted by molar-refractivity contribution is 5.90. The Bertz CT molecular complexity index is 962. The number of amides is 1. The first kappa shape index (κ1) is 20.9. The summed E-state index contributed by atoms with van der Waals surface area (Å²) in [7, 11) is 1.80. The molecule has 3 heterocycles. The quantitative estimate of drug-likeness (QED) is 0.657. The molecule has 0 saturated carbocycles. The molecule has 0 bridgehead atoms. The smallest absolute Gasteiger partial charge is 0.232 e. The summed E-state index contributed by atoms with van der Waals surface area (Å²) < 4.78 is 3.36. The number of piperidine rings is 1. The van der Waals surface area contributed by atoms with Gasteiger partial charge in [0, 0.05) is 13.0 Å². The van der Waals surface area contributed by atoms with Gasteiger partial charge in [-0.15, -0.1) is 17.5 Å². The van der Waals surface area contributed by atoms with E-state index in [4.69, 9.17) is 0 Å². The number of aromatic nitrogens is 6. The van der Waals surface area contributed by atoms with Crippen molar-refractivity contribution in [1.29, 1.82) is 0 Å². The van der Waals surface area contributed by atoms with Crippen molar-refractivity contribution in [3.8, 4) is 5.69 Å². The number of hydrogen-bond acceptors (Lipinski definition) is 6. The van der Waals surface area contributed by atoms with E-state index in [2.05, 4.69) is 31.0 Å². The minimum absolute atomic E-state index is 0. The minimum atomic E-state index is -0.185. The summed E-state index contributed by atoms with van der Waals surface area (Å²) in [5, 5.41) is 19.0. The van der Waals surface area contributed by atoms with Crippen molar-refractivity contribution < 1.29 is 4.79 Å². The van der Waals surface area contributed by atoms with Crippen LogP contribution in [0.1, 0.15) is 36.0 Å². The van der Waals surface area contributed by atoms with Crippen molar-refractivity contribution >= 4 is 24.3 Å². The van der Waals surface area contributed by atoms with Gasteiger partial charge in [0.25, 0.3) is 0 Å². The van der Waals surface area contributed by atoms with Crippen molar-refractivity contribution in [3.63, 3.8) is 0 Å². The molecule has 2 aromatic heterocycles. The molecule has 3 aromatic rings. The van der Waals surface area contributed by atoms with Crippen LogP contribution >= 0.6 is 12.4 Å².